The monoisotopic (exact) mass is 326 g/mol. The second kappa shape index (κ2) is 7.34. The van der Waals surface area contributed by atoms with Crippen LogP contribution in [-0.4, -0.2) is 36.1 Å². The SMILES string of the molecule is CCOc1ccc2c(n1)CCN(C(=O)Cc1cccc(OC)c1)C2. The van der Waals surface area contributed by atoms with E-state index in [2.05, 4.69) is 4.98 Å². The van der Waals surface area contributed by atoms with Crippen molar-refractivity contribution in [3.8, 4) is 11.6 Å². The molecule has 1 amide bonds. The van der Waals surface area contributed by atoms with E-state index >= 15 is 0 Å². The molecule has 0 saturated carbocycles. The molecule has 1 aliphatic heterocycles. The number of methoxy groups -OCH3 is 1. The zero-order valence-corrected chi connectivity index (χ0v) is 14.1. The Kier molecular flexibility index (Phi) is 4.99. The number of hydrogen-bond acceptors (Lipinski definition) is 4. The maximum absolute atomic E-state index is 12.6. The van der Waals surface area contributed by atoms with Crippen molar-refractivity contribution in [2.75, 3.05) is 20.3 Å². The number of carbonyl (C=O) groups is 1. The topological polar surface area (TPSA) is 51.7 Å². The molecule has 126 valence electrons. The standard InChI is InChI=1S/C19H22N2O3/c1-3-24-18-8-7-15-13-21(10-9-17(15)20-18)19(22)12-14-5-4-6-16(11-14)23-2/h4-8,11H,3,9-10,12-13H2,1-2H3. The Morgan fingerprint density at radius 2 is 2.17 bits per heavy atom. The van der Waals surface area contributed by atoms with Gasteiger partial charge in [-0.25, -0.2) is 4.98 Å². The summed E-state index contributed by atoms with van der Waals surface area (Å²) in [7, 11) is 1.63. The van der Waals surface area contributed by atoms with Crippen LogP contribution in [0, 0.1) is 0 Å². The van der Waals surface area contributed by atoms with E-state index in [-0.39, 0.29) is 5.91 Å². The minimum atomic E-state index is 0.128. The molecule has 0 bridgehead atoms. The molecule has 0 N–H and O–H groups in total. The molecule has 1 aliphatic rings. The number of aromatic nitrogens is 1. The van der Waals surface area contributed by atoms with Crippen molar-refractivity contribution in [1.82, 2.24) is 9.88 Å². The van der Waals surface area contributed by atoms with Crippen molar-refractivity contribution in [2.45, 2.75) is 26.3 Å². The summed E-state index contributed by atoms with van der Waals surface area (Å²) in [4.78, 5) is 19.0. The third kappa shape index (κ3) is 3.67. The molecule has 24 heavy (non-hydrogen) atoms. The van der Waals surface area contributed by atoms with Gasteiger partial charge in [-0.05, 0) is 30.2 Å². The molecule has 2 heterocycles. The van der Waals surface area contributed by atoms with Gasteiger partial charge in [0.1, 0.15) is 5.75 Å². The zero-order chi connectivity index (χ0) is 16.9. The normalized spacial score (nSPS) is 13.3. The number of amides is 1. The molecule has 0 unspecified atom stereocenters. The molecule has 0 atom stereocenters. The van der Waals surface area contributed by atoms with Gasteiger partial charge in [0.2, 0.25) is 11.8 Å². The van der Waals surface area contributed by atoms with Gasteiger partial charge < -0.3 is 14.4 Å². The predicted molar refractivity (Wildman–Crippen MR) is 91.2 cm³/mol. The highest BCUT2D eigenvalue weighted by Gasteiger charge is 2.22. The van der Waals surface area contributed by atoms with Crippen molar-refractivity contribution < 1.29 is 14.3 Å². The van der Waals surface area contributed by atoms with E-state index in [1.54, 1.807) is 7.11 Å². The molecule has 0 radical (unpaired) electrons. The first-order chi connectivity index (χ1) is 11.7. The zero-order valence-electron chi connectivity index (χ0n) is 14.1. The molecule has 0 fully saturated rings. The van der Waals surface area contributed by atoms with Gasteiger partial charge in [0.25, 0.3) is 0 Å². The van der Waals surface area contributed by atoms with Crippen LogP contribution in [0.1, 0.15) is 23.7 Å². The van der Waals surface area contributed by atoms with Crippen molar-refractivity contribution in [2.24, 2.45) is 0 Å². The van der Waals surface area contributed by atoms with Crippen molar-refractivity contribution in [3.63, 3.8) is 0 Å². The highest BCUT2D eigenvalue weighted by Crippen LogP contribution is 2.21. The summed E-state index contributed by atoms with van der Waals surface area (Å²) >= 11 is 0. The Morgan fingerprint density at radius 3 is 2.96 bits per heavy atom. The maximum atomic E-state index is 12.6. The van der Waals surface area contributed by atoms with Gasteiger partial charge in [0.05, 0.1) is 25.8 Å². The van der Waals surface area contributed by atoms with Crippen LogP contribution in [0.15, 0.2) is 36.4 Å². The van der Waals surface area contributed by atoms with Gasteiger partial charge in [-0.1, -0.05) is 18.2 Å². The lowest BCUT2D eigenvalue weighted by atomic mass is 10.0. The Morgan fingerprint density at radius 1 is 1.29 bits per heavy atom. The average Bonchev–Trinajstić information content (AvgIpc) is 2.61. The van der Waals surface area contributed by atoms with Crippen molar-refractivity contribution >= 4 is 5.91 Å². The number of ether oxygens (including phenoxy) is 2. The highest BCUT2D eigenvalue weighted by atomic mass is 16.5. The summed E-state index contributed by atoms with van der Waals surface area (Å²) in [5.74, 6) is 1.56. The fraction of sp³-hybridized carbons (Fsp3) is 0.368. The Bertz CT molecular complexity index is 730. The van der Waals surface area contributed by atoms with Crippen LogP contribution >= 0.6 is 0 Å². The van der Waals surface area contributed by atoms with Crippen molar-refractivity contribution in [3.05, 3.63) is 53.2 Å². The molecular formula is C19H22N2O3. The van der Waals surface area contributed by atoms with Crippen LogP contribution in [0.3, 0.4) is 0 Å². The lowest BCUT2D eigenvalue weighted by Gasteiger charge is -2.28. The summed E-state index contributed by atoms with van der Waals surface area (Å²) in [5.41, 5.74) is 3.10. The van der Waals surface area contributed by atoms with E-state index in [1.807, 2.05) is 48.2 Å². The summed E-state index contributed by atoms with van der Waals surface area (Å²) in [6, 6.07) is 11.5. The third-order valence-electron chi connectivity index (χ3n) is 4.16. The summed E-state index contributed by atoms with van der Waals surface area (Å²) in [5, 5.41) is 0. The van der Waals surface area contributed by atoms with Crippen LogP contribution in [0.5, 0.6) is 11.6 Å². The fourth-order valence-corrected chi connectivity index (χ4v) is 2.91. The van der Waals surface area contributed by atoms with E-state index in [9.17, 15) is 4.79 Å². The molecule has 1 aromatic carbocycles. The average molecular weight is 326 g/mol. The molecule has 5 heteroatoms. The largest absolute Gasteiger partial charge is 0.497 e. The van der Waals surface area contributed by atoms with Gasteiger partial charge in [-0.3, -0.25) is 4.79 Å². The Labute approximate surface area is 142 Å². The van der Waals surface area contributed by atoms with Gasteiger partial charge in [-0.15, -0.1) is 0 Å². The first kappa shape index (κ1) is 16.3. The molecule has 0 saturated heterocycles. The highest BCUT2D eigenvalue weighted by molar-refractivity contribution is 5.79. The molecular weight excluding hydrogens is 304 g/mol. The number of carbonyl (C=O) groups excluding carboxylic acids is 1. The minimum Gasteiger partial charge on any atom is -0.497 e. The predicted octanol–water partition coefficient (Wildman–Crippen LogP) is 2.62. The lowest BCUT2D eigenvalue weighted by molar-refractivity contribution is -0.131. The quantitative estimate of drug-likeness (QED) is 0.847. The number of rotatable bonds is 5. The summed E-state index contributed by atoms with van der Waals surface area (Å²) < 4.78 is 10.7. The van der Waals surface area contributed by atoms with Crippen LogP contribution < -0.4 is 9.47 Å². The fourth-order valence-electron chi connectivity index (χ4n) is 2.91. The molecule has 2 aromatic rings. The lowest BCUT2D eigenvalue weighted by Crippen LogP contribution is -2.37. The molecule has 0 aliphatic carbocycles. The van der Waals surface area contributed by atoms with E-state index in [0.29, 0.717) is 32.0 Å². The molecule has 0 spiro atoms. The van der Waals surface area contributed by atoms with Crippen LogP contribution in [0.4, 0.5) is 0 Å². The smallest absolute Gasteiger partial charge is 0.227 e. The van der Waals surface area contributed by atoms with Gasteiger partial charge in [0, 0.05) is 25.6 Å². The second-order valence-electron chi connectivity index (χ2n) is 5.78. The number of pyridine rings is 1. The molecule has 1 aromatic heterocycles. The van der Waals surface area contributed by atoms with Crippen molar-refractivity contribution in [1.29, 1.82) is 0 Å². The van der Waals surface area contributed by atoms with Crippen LogP contribution in [0.2, 0.25) is 0 Å². The number of benzene rings is 1. The third-order valence-corrected chi connectivity index (χ3v) is 4.16. The first-order valence-corrected chi connectivity index (χ1v) is 8.22. The Hall–Kier alpha value is -2.56. The molecule has 3 rings (SSSR count). The van der Waals surface area contributed by atoms with Gasteiger partial charge in [-0.2, -0.15) is 0 Å². The number of fused-ring (bicyclic) bond motifs is 1. The Balaban J connectivity index is 1.67. The molecule has 5 nitrogen and oxygen atoms in total. The van der Waals surface area contributed by atoms with E-state index < -0.39 is 0 Å². The van der Waals surface area contributed by atoms with E-state index in [4.69, 9.17) is 9.47 Å². The minimum absolute atomic E-state index is 0.128. The number of nitrogens with zero attached hydrogens (tertiary/aromatic N) is 2. The van der Waals surface area contributed by atoms with E-state index in [1.165, 1.54) is 0 Å². The van der Waals surface area contributed by atoms with Gasteiger partial charge in [0.15, 0.2) is 0 Å². The maximum Gasteiger partial charge on any atom is 0.227 e. The number of hydrogen-bond donors (Lipinski definition) is 0. The first-order valence-electron chi connectivity index (χ1n) is 8.22. The van der Waals surface area contributed by atoms with Crippen LogP contribution in [-0.2, 0) is 24.2 Å². The van der Waals surface area contributed by atoms with Gasteiger partial charge >= 0.3 is 0 Å². The summed E-state index contributed by atoms with van der Waals surface area (Å²) in [6.45, 7) is 3.85. The second-order valence-corrected chi connectivity index (χ2v) is 5.78. The van der Waals surface area contributed by atoms with E-state index in [0.717, 1.165) is 29.0 Å². The summed E-state index contributed by atoms with van der Waals surface area (Å²) in [6.07, 6.45) is 1.15. The van der Waals surface area contributed by atoms with Crippen LogP contribution in [0.25, 0.3) is 0 Å².